The van der Waals surface area contributed by atoms with Crippen molar-refractivity contribution in [2.45, 2.75) is 67.2 Å². The Labute approximate surface area is 115 Å². The molecule has 0 N–H and O–H groups in total. The van der Waals surface area contributed by atoms with Gasteiger partial charge in [-0.05, 0) is 49.4 Å². The van der Waals surface area contributed by atoms with Crippen LogP contribution < -0.4 is 0 Å². The largest absolute Gasteiger partial charge is 0.0779 e. The van der Waals surface area contributed by atoms with Crippen molar-refractivity contribution >= 4 is 0 Å². The second-order valence-corrected chi connectivity index (χ2v) is 7.33. The van der Waals surface area contributed by atoms with Crippen LogP contribution in [-0.4, -0.2) is 0 Å². The number of rotatable bonds is 6. The zero-order valence-corrected chi connectivity index (χ0v) is 13.3. The molecule has 0 aliphatic heterocycles. The van der Waals surface area contributed by atoms with Gasteiger partial charge in [-0.25, -0.2) is 0 Å². The zero-order valence-electron chi connectivity index (χ0n) is 13.3. The first-order chi connectivity index (χ1) is 8.36. The van der Waals surface area contributed by atoms with Crippen molar-refractivity contribution in [3.63, 3.8) is 0 Å². The molecule has 1 aliphatic rings. The molecule has 0 saturated carbocycles. The van der Waals surface area contributed by atoms with Crippen LogP contribution >= 0.6 is 0 Å². The number of hydrogen-bond donors (Lipinski definition) is 0. The Morgan fingerprint density at radius 3 is 2.06 bits per heavy atom. The van der Waals surface area contributed by atoms with Crippen LogP contribution in [0.25, 0.3) is 0 Å². The van der Waals surface area contributed by atoms with E-state index in [2.05, 4.69) is 53.7 Å². The van der Waals surface area contributed by atoms with Crippen molar-refractivity contribution in [3.05, 3.63) is 23.3 Å². The third-order valence-electron chi connectivity index (χ3n) is 3.45. The Morgan fingerprint density at radius 2 is 1.56 bits per heavy atom. The molecule has 104 valence electrons. The molecule has 0 aromatic carbocycles. The second-order valence-electron chi connectivity index (χ2n) is 7.33. The van der Waals surface area contributed by atoms with Crippen molar-refractivity contribution in [3.8, 4) is 0 Å². The fraction of sp³-hybridized carbons (Fsp3) is 0.778. The Kier molecular flexibility index (Phi) is 6.18. The highest BCUT2D eigenvalue weighted by molar-refractivity contribution is 5.30. The van der Waals surface area contributed by atoms with Gasteiger partial charge in [0.15, 0.2) is 0 Å². The van der Waals surface area contributed by atoms with E-state index in [-0.39, 0.29) is 0 Å². The molecule has 0 bridgehead atoms. The van der Waals surface area contributed by atoms with E-state index < -0.39 is 0 Å². The number of hydrogen-bond acceptors (Lipinski definition) is 0. The molecule has 18 heavy (non-hydrogen) atoms. The summed E-state index contributed by atoms with van der Waals surface area (Å²) >= 11 is 0. The van der Waals surface area contributed by atoms with Gasteiger partial charge in [-0.15, -0.1) is 0 Å². The summed E-state index contributed by atoms with van der Waals surface area (Å²) in [6.07, 6.45) is 10.2. The van der Waals surface area contributed by atoms with Gasteiger partial charge < -0.3 is 0 Å². The molecule has 1 rings (SSSR count). The van der Waals surface area contributed by atoms with Crippen LogP contribution in [-0.2, 0) is 0 Å². The third kappa shape index (κ3) is 5.89. The summed E-state index contributed by atoms with van der Waals surface area (Å²) in [6.45, 7) is 14.0. The highest BCUT2D eigenvalue weighted by Crippen LogP contribution is 2.32. The topological polar surface area (TPSA) is 0 Å². The monoisotopic (exact) mass is 248 g/mol. The van der Waals surface area contributed by atoms with Crippen LogP contribution in [0, 0.1) is 23.7 Å². The Morgan fingerprint density at radius 1 is 0.944 bits per heavy atom. The predicted molar refractivity (Wildman–Crippen MR) is 82.6 cm³/mol. The molecule has 0 radical (unpaired) electrons. The number of allylic oxidation sites excluding steroid dienone is 4. The molecule has 0 saturated heterocycles. The molecule has 1 atom stereocenters. The summed E-state index contributed by atoms with van der Waals surface area (Å²) in [6, 6.07) is 0. The molecular weight excluding hydrogens is 216 g/mol. The molecule has 1 aliphatic carbocycles. The highest BCUT2D eigenvalue weighted by Gasteiger charge is 2.17. The van der Waals surface area contributed by atoms with Gasteiger partial charge in [0.25, 0.3) is 0 Å². The highest BCUT2D eigenvalue weighted by atomic mass is 14.2. The van der Waals surface area contributed by atoms with Gasteiger partial charge in [0.05, 0.1) is 0 Å². The van der Waals surface area contributed by atoms with E-state index in [0.717, 1.165) is 23.7 Å². The minimum Gasteiger partial charge on any atom is -0.0779 e. The molecule has 0 heteroatoms. The van der Waals surface area contributed by atoms with E-state index in [4.69, 9.17) is 0 Å². The van der Waals surface area contributed by atoms with E-state index in [1.54, 1.807) is 11.1 Å². The van der Waals surface area contributed by atoms with Crippen molar-refractivity contribution < 1.29 is 0 Å². The van der Waals surface area contributed by atoms with Gasteiger partial charge in [-0.3, -0.25) is 0 Å². The maximum Gasteiger partial charge on any atom is -0.0188 e. The van der Waals surface area contributed by atoms with Crippen molar-refractivity contribution in [2.75, 3.05) is 0 Å². The smallest absolute Gasteiger partial charge is 0.0188 e. The lowest BCUT2D eigenvalue weighted by molar-refractivity contribution is 0.453. The van der Waals surface area contributed by atoms with Crippen LogP contribution in [0.15, 0.2) is 23.3 Å². The normalized spacial score (nSPS) is 20.6. The zero-order chi connectivity index (χ0) is 13.7. The Balaban J connectivity index is 2.74. The SMILES string of the molecule is CC(C)CC1=CC(CC(C)C)CC(CC(C)C)=C1. The molecule has 0 heterocycles. The minimum atomic E-state index is 0.769. The van der Waals surface area contributed by atoms with Crippen LogP contribution in [0.2, 0.25) is 0 Å². The van der Waals surface area contributed by atoms with Gasteiger partial charge in [-0.1, -0.05) is 64.8 Å². The first-order valence-electron chi connectivity index (χ1n) is 7.77. The first-order valence-corrected chi connectivity index (χ1v) is 7.77. The third-order valence-corrected chi connectivity index (χ3v) is 3.45. The second kappa shape index (κ2) is 7.16. The van der Waals surface area contributed by atoms with Crippen LogP contribution in [0.4, 0.5) is 0 Å². The quantitative estimate of drug-likeness (QED) is 0.541. The van der Waals surface area contributed by atoms with E-state index in [1.165, 1.54) is 25.7 Å². The maximum absolute atomic E-state index is 2.56. The lowest BCUT2D eigenvalue weighted by Gasteiger charge is -2.25. The average Bonchev–Trinajstić information content (AvgIpc) is 2.12. The molecule has 1 unspecified atom stereocenters. The van der Waals surface area contributed by atoms with E-state index in [1.807, 2.05) is 0 Å². The van der Waals surface area contributed by atoms with Crippen LogP contribution in [0.3, 0.4) is 0 Å². The maximum atomic E-state index is 2.56. The van der Waals surface area contributed by atoms with Crippen molar-refractivity contribution in [1.82, 2.24) is 0 Å². The molecule has 0 amide bonds. The Hall–Kier alpha value is -0.520. The molecule has 0 aromatic rings. The van der Waals surface area contributed by atoms with Crippen LogP contribution in [0.1, 0.15) is 67.2 Å². The lowest BCUT2D eigenvalue weighted by Crippen LogP contribution is -2.10. The first kappa shape index (κ1) is 15.5. The van der Waals surface area contributed by atoms with E-state index in [0.29, 0.717) is 0 Å². The summed E-state index contributed by atoms with van der Waals surface area (Å²) in [5, 5.41) is 0. The lowest BCUT2D eigenvalue weighted by atomic mass is 9.81. The summed E-state index contributed by atoms with van der Waals surface area (Å²) in [4.78, 5) is 0. The fourth-order valence-electron chi connectivity index (χ4n) is 3.09. The van der Waals surface area contributed by atoms with Crippen LogP contribution in [0.5, 0.6) is 0 Å². The molecule has 0 fully saturated rings. The van der Waals surface area contributed by atoms with E-state index in [9.17, 15) is 0 Å². The van der Waals surface area contributed by atoms with Crippen molar-refractivity contribution in [2.24, 2.45) is 23.7 Å². The standard InChI is InChI=1S/C18H32/c1-13(2)7-16-10-17(8-14(3)4)12-18(11-16)9-15(5)6/h10-11,13-15,17H,7-9,12H2,1-6H3. The van der Waals surface area contributed by atoms with E-state index >= 15 is 0 Å². The van der Waals surface area contributed by atoms with Gasteiger partial charge in [0.2, 0.25) is 0 Å². The fourth-order valence-corrected chi connectivity index (χ4v) is 3.09. The van der Waals surface area contributed by atoms with Crippen molar-refractivity contribution in [1.29, 1.82) is 0 Å². The Bertz CT molecular complexity index is 302. The van der Waals surface area contributed by atoms with Gasteiger partial charge >= 0.3 is 0 Å². The molecule has 0 aromatic heterocycles. The van der Waals surface area contributed by atoms with Gasteiger partial charge in [0, 0.05) is 0 Å². The summed E-state index contributed by atoms with van der Waals surface area (Å²) in [5.74, 6) is 3.15. The summed E-state index contributed by atoms with van der Waals surface area (Å²) in [7, 11) is 0. The molecular formula is C18H32. The van der Waals surface area contributed by atoms with Gasteiger partial charge in [-0.2, -0.15) is 0 Å². The minimum absolute atomic E-state index is 0.769. The summed E-state index contributed by atoms with van der Waals surface area (Å²) < 4.78 is 0. The predicted octanol–water partition coefficient (Wildman–Crippen LogP) is 6.00. The van der Waals surface area contributed by atoms with Gasteiger partial charge in [0.1, 0.15) is 0 Å². The summed E-state index contributed by atoms with van der Waals surface area (Å²) in [5.41, 5.74) is 3.28. The molecule has 0 spiro atoms. The average molecular weight is 248 g/mol. The molecule has 0 nitrogen and oxygen atoms in total.